The van der Waals surface area contributed by atoms with E-state index in [1.165, 1.54) is 6.92 Å². The highest BCUT2D eigenvalue weighted by Gasteiger charge is 2.59. The maximum atomic E-state index is 13.7. The molecule has 52 heavy (non-hydrogen) atoms. The number of likely N-dealkylation sites (tertiary alicyclic amines) is 2. The summed E-state index contributed by atoms with van der Waals surface area (Å²) >= 11 is 0. The quantitative estimate of drug-likeness (QED) is 0.0656. The van der Waals surface area contributed by atoms with Crippen LogP contribution in [0.5, 0.6) is 0 Å². The predicted octanol–water partition coefficient (Wildman–Crippen LogP) is 4.47. The molecule has 2 saturated heterocycles. The average Bonchev–Trinajstić information content (AvgIpc) is 3.78. The van der Waals surface area contributed by atoms with E-state index in [0.29, 0.717) is 19.3 Å². The molecule has 2 aliphatic heterocycles. The van der Waals surface area contributed by atoms with Gasteiger partial charge >= 0.3 is 11.9 Å². The highest BCUT2D eigenvalue weighted by atomic mass is 28.4. The fourth-order valence-electron chi connectivity index (χ4n) is 8.78. The minimum absolute atomic E-state index is 0.112. The Balaban J connectivity index is 1.36. The van der Waals surface area contributed by atoms with Gasteiger partial charge in [-0.15, -0.1) is 13.2 Å². The van der Waals surface area contributed by atoms with E-state index in [9.17, 15) is 33.9 Å². The summed E-state index contributed by atoms with van der Waals surface area (Å²) in [6.45, 7) is 19.6. The number of amides is 4. The first kappa shape index (κ1) is 41.5. The molecule has 4 fully saturated rings. The van der Waals surface area contributed by atoms with Gasteiger partial charge in [0.25, 0.3) is 0 Å². The van der Waals surface area contributed by atoms with Crippen LogP contribution in [-0.2, 0) is 42.4 Å². The third kappa shape index (κ3) is 9.29. The van der Waals surface area contributed by atoms with Gasteiger partial charge in [0.05, 0.1) is 36.8 Å². The molecule has 9 atom stereocenters. The molecule has 12 nitrogen and oxygen atoms in total. The van der Waals surface area contributed by atoms with Crippen molar-refractivity contribution in [1.29, 1.82) is 0 Å². The Bertz CT molecular complexity index is 1440. The van der Waals surface area contributed by atoms with E-state index in [2.05, 4.69) is 46.3 Å². The summed E-state index contributed by atoms with van der Waals surface area (Å²) in [5, 5.41) is 9.37. The lowest BCUT2D eigenvalue weighted by molar-refractivity contribution is -0.155. The molecule has 2 aliphatic carbocycles. The SMILES string of the molecule is C=CC1CC(/C=C\C2CC(C=C)[C@@H]3C(=O)N(CCOC(=O)C(C)O)C(=O)[C@H]23)[C@@H]2C(=O)N(CC(=O)OCCC[Si](C)(C)O[Si](C)(C)CCCC)C(=O)[C@H]12. The van der Waals surface area contributed by atoms with Crippen LogP contribution in [0.4, 0.5) is 0 Å². The molecule has 4 rings (SSSR count). The molecular formula is C38H58N2O10Si2. The topological polar surface area (TPSA) is 157 Å². The van der Waals surface area contributed by atoms with Crippen molar-refractivity contribution in [2.75, 3.05) is 26.3 Å². The Hall–Kier alpha value is -3.21. The number of hydrogen-bond donors (Lipinski definition) is 1. The molecule has 5 unspecified atom stereocenters. The minimum atomic E-state index is -1.94. The Kier molecular flexibility index (Phi) is 13.8. The van der Waals surface area contributed by atoms with Crippen LogP contribution in [0.15, 0.2) is 37.5 Å². The van der Waals surface area contributed by atoms with Crippen LogP contribution in [0.25, 0.3) is 0 Å². The van der Waals surface area contributed by atoms with Crippen molar-refractivity contribution in [3.63, 3.8) is 0 Å². The van der Waals surface area contributed by atoms with Gasteiger partial charge in [-0.2, -0.15) is 0 Å². The monoisotopic (exact) mass is 758 g/mol. The van der Waals surface area contributed by atoms with E-state index >= 15 is 0 Å². The number of carbonyl (C=O) groups excluding carboxylic acids is 6. The summed E-state index contributed by atoms with van der Waals surface area (Å²) in [5.74, 6) is -6.64. The zero-order chi connectivity index (χ0) is 38.5. The second-order valence-corrected chi connectivity index (χ2v) is 24.9. The summed E-state index contributed by atoms with van der Waals surface area (Å²) in [4.78, 5) is 80.8. The number of imide groups is 2. The van der Waals surface area contributed by atoms with Gasteiger partial charge in [-0.1, -0.05) is 44.1 Å². The van der Waals surface area contributed by atoms with E-state index in [1.54, 1.807) is 12.2 Å². The first-order valence-electron chi connectivity index (χ1n) is 18.8. The molecule has 0 aromatic carbocycles. The first-order valence-corrected chi connectivity index (χ1v) is 25.0. The third-order valence-corrected chi connectivity index (χ3v) is 18.7. The van der Waals surface area contributed by atoms with Crippen molar-refractivity contribution >= 4 is 52.2 Å². The first-order chi connectivity index (χ1) is 24.5. The second kappa shape index (κ2) is 17.3. The summed E-state index contributed by atoms with van der Waals surface area (Å²) in [7, 11) is -3.68. The summed E-state index contributed by atoms with van der Waals surface area (Å²) < 4.78 is 17.1. The number of allylic oxidation sites excluding steroid dienone is 4. The summed E-state index contributed by atoms with van der Waals surface area (Å²) in [5.41, 5.74) is 0. The highest BCUT2D eigenvalue weighted by Crippen LogP contribution is 2.51. The van der Waals surface area contributed by atoms with E-state index in [0.717, 1.165) is 34.7 Å². The van der Waals surface area contributed by atoms with Gasteiger partial charge in [0.2, 0.25) is 23.6 Å². The Morgan fingerprint density at radius 3 is 1.69 bits per heavy atom. The number of fused-ring (bicyclic) bond motifs is 2. The number of unbranched alkanes of at least 4 members (excludes halogenated alkanes) is 1. The van der Waals surface area contributed by atoms with Crippen molar-refractivity contribution < 1.29 is 47.5 Å². The third-order valence-electron chi connectivity index (χ3n) is 11.2. The van der Waals surface area contributed by atoms with Crippen LogP contribution in [0.3, 0.4) is 0 Å². The standard InChI is InChI=1S/C38H58N2O10Si2/c1-9-12-19-51(5,6)50-52(7,8)20-13-17-48-29(42)23-40-36(45)31-26(11-3)22-28(33(31)37(40)46)15-14-27-21-25(10-2)30-32(27)35(44)39(34(30)43)16-18-49-38(47)24(4)41/h10-11,14-15,24-28,30-33,41H,2-3,9,12-13,16-23H2,1,4-8H3/b15-14-/t24?,25?,26?,27?,28?,30-,31+,32+,33-/m0/s1. The number of nitrogens with zero attached hydrogens (tertiary/aromatic N) is 2. The number of rotatable bonds is 19. The summed E-state index contributed by atoms with van der Waals surface area (Å²) in [6, 6.07) is 1.97. The van der Waals surface area contributed by atoms with Crippen molar-refractivity contribution in [2.45, 2.75) is 90.3 Å². The van der Waals surface area contributed by atoms with Crippen molar-refractivity contribution in [3.8, 4) is 0 Å². The zero-order valence-corrected chi connectivity index (χ0v) is 33.7. The smallest absolute Gasteiger partial charge is 0.334 e. The van der Waals surface area contributed by atoms with Crippen molar-refractivity contribution in [3.05, 3.63) is 37.5 Å². The summed E-state index contributed by atoms with van der Waals surface area (Å²) in [6.07, 6.45) is 9.87. The number of ether oxygens (including phenoxy) is 2. The maximum Gasteiger partial charge on any atom is 0.334 e. The van der Waals surface area contributed by atoms with Gasteiger partial charge in [0.1, 0.15) is 19.3 Å². The van der Waals surface area contributed by atoms with Crippen LogP contribution >= 0.6 is 0 Å². The fraction of sp³-hybridized carbons (Fsp3) is 0.684. The van der Waals surface area contributed by atoms with Crippen LogP contribution in [0.1, 0.15) is 46.0 Å². The van der Waals surface area contributed by atoms with Gasteiger partial charge in [0, 0.05) is 0 Å². The molecule has 4 aliphatic rings. The largest absolute Gasteiger partial charge is 0.464 e. The molecule has 0 radical (unpaired) electrons. The lowest BCUT2D eigenvalue weighted by Gasteiger charge is -2.34. The second-order valence-electron chi connectivity index (χ2n) is 16.1. The molecule has 4 amide bonds. The van der Waals surface area contributed by atoms with Gasteiger partial charge in [-0.05, 0) is 88.1 Å². The molecule has 1 N–H and O–H groups in total. The molecular weight excluding hydrogens is 701 g/mol. The minimum Gasteiger partial charge on any atom is -0.464 e. The lowest BCUT2D eigenvalue weighted by Crippen LogP contribution is -2.44. The van der Waals surface area contributed by atoms with Gasteiger partial charge < -0.3 is 18.7 Å². The zero-order valence-electron chi connectivity index (χ0n) is 31.7. The molecule has 0 aromatic heterocycles. The van der Waals surface area contributed by atoms with Crippen LogP contribution in [0, 0.1) is 47.3 Å². The van der Waals surface area contributed by atoms with Crippen molar-refractivity contribution in [1.82, 2.24) is 9.80 Å². The Morgan fingerprint density at radius 1 is 0.769 bits per heavy atom. The molecule has 288 valence electrons. The lowest BCUT2D eigenvalue weighted by atomic mass is 9.86. The Morgan fingerprint density at radius 2 is 1.23 bits per heavy atom. The number of aliphatic hydroxyl groups is 1. The molecule has 2 heterocycles. The number of carbonyl (C=O) groups is 6. The van der Waals surface area contributed by atoms with Crippen LogP contribution < -0.4 is 0 Å². The molecule has 0 bridgehead atoms. The molecule has 0 aromatic rings. The number of hydrogen-bond acceptors (Lipinski definition) is 10. The van der Waals surface area contributed by atoms with E-state index in [1.807, 2.05) is 12.2 Å². The maximum absolute atomic E-state index is 13.7. The van der Waals surface area contributed by atoms with E-state index in [-0.39, 0.29) is 55.2 Å². The molecule has 2 saturated carbocycles. The molecule has 0 spiro atoms. The molecule has 14 heteroatoms. The fourth-order valence-corrected chi connectivity index (χ4v) is 17.8. The predicted molar refractivity (Wildman–Crippen MR) is 199 cm³/mol. The highest BCUT2D eigenvalue weighted by molar-refractivity contribution is 6.84. The van der Waals surface area contributed by atoms with Crippen LogP contribution in [0.2, 0.25) is 38.3 Å². The van der Waals surface area contributed by atoms with E-state index in [4.69, 9.17) is 13.6 Å². The Labute approximate surface area is 310 Å². The van der Waals surface area contributed by atoms with E-state index < -0.39 is 76.7 Å². The van der Waals surface area contributed by atoms with Crippen LogP contribution in [-0.4, -0.2) is 99.5 Å². The number of esters is 2. The van der Waals surface area contributed by atoms with Gasteiger partial charge in [-0.3, -0.25) is 33.8 Å². The van der Waals surface area contributed by atoms with Gasteiger partial charge in [-0.25, -0.2) is 4.79 Å². The van der Waals surface area contributed by atoms with Gasteiger partial charge in [0.15, 0.2) is 16.6 Å². The average molecular weight is 759 g/mol. The number of aliphatic hydroxyl groups excluding tert-OH is 1. The van der Waals surface area contributed by atoms with Crippen molar-refractivity contribution in [2.24, 2.45) is 47.3 Å². The normalized spacial score (nSPS) is 29.5.